The van der Waals surface area contributed by atoms with Crippen molar-refractivity contribution >= 4 is 5.97 Å². The number of ether oxygens (including phenoxy) is 1. The largest absolute Gasteiger partial charge is 0.469 e. The zero-order valence-corrected chi connectivity index (χ0v) is 13.9. The van der Waals surface area contributed by atoms with E-state index in [2.05, 4.69) is 4.74 Å². The van der Waals surface area contributed by atoms with Crippen LogP contribution in [0, 0.1) is 5.92 Å². The van der Waals surface area contributed by atoms with Crippen LogP contribution in [-0.4, -0.2) is 48.9 Å². The maximum absolute atomic E-state index is 13.7. The fourth-order valence-electron chi connectivity index (χ4n) is 2.06. The van der Waals surface area contributed by atoms with Gasteiger partial charge in [-0.25, -0.2) is 0 Å². The normalized spacial score (nSPS) is 16.1. The average Bonchev–Trinajstić information content (AvgIpc) is 2.51. The fraction of sp³-hybridized carbons (Fsp3) is 0.923. The van der Waals surface area contributed by atoms with E-state index in [4.69, 9.17) is 0 Å². The van der Waals surface area contributed by atoms with Gasteiger partial charge in [0.2, 0.25) is 0 Å². The van der Waals surface area contributed by atoms with Crippen LogP contribution in [0.4, 0.5) is 57.1 Å². The summed E-state index contributed by atoms with van der Waals surface area (Å²) in [5.41, 5.74) is 0. The number of rotatable bonds is 9. The minimum atomic E-state index is -7.95. The van der Waals surface area contributed by atoms with Crippen molar-refractivity contribution in [3.05, 3.63) is 0 Å². The third kappa shape index (κ3) is 4.11. The van der Waals surface area contributed by atoms with E-state index >= 15 is 0 Å². The van der Waals surface area contributed by atoms with E-state index < -0.39 is 60.5 Å². The Bertz CT molecular complexity index is 553. The quantitative estimate of drug-likeness (QED) is 0.334. The summed E-state index contributed by atoms with van der Waals surface area (Å²) in [4.78, 5) is 11.2. The van der Waals surface area contributed by atoms with Gasteiger partial charge in [0.25, 0.3) is 0 Å². The van der Waals surface area contributed by atoms with Crippen molar-refractivity contribution in [3.63, 3.8) is 0 Å². The van der Waals surface area contributed by atoms with Crippen LogP contribution in [0.5, 0.6) is 0 Å². The van der Waals surface area contributed by atoms with Gasteiger partial charge in [-0.2, -0.15) is 57.1 Å². The standard InChI is InChI=1S/C13H13F13O2/c1-3-4-6(7(27)28-2)5-8(14,15)9(16,17)10(18,19)11(20,21)12(22,23)13(24,25)26/h6H,3-5H2,1-2H3. The third-order valence-electron chi connectivity index (χ3n) is 3.67. The first-order chi connectivity index (χ1) is 12.2. The van der Waals surface area contributed by atoms with Gasteiger partial charge in [0.05, 0.1) is 13.0 Å². The Kier molecular flexibility index (Phi) is 7.37. The van der Waals surface area contributed by atoms with Crippen molar-refractivity contribution in [2.75, 3.05) is 7.11 Å². The van der Waals surface area contributed by atoms with Crippen molar-refractivity contribution in [3.8, 4) is 0 Å². The second-order valence-electron chi connectivity index (χ2n) is 5.71. The molecule has 2 nitrogen and oxygen atoms in total. The van der Waals surface area contributed by atoms with E-state index in [9.17, 15) is 61.9 Å². The fourth-order valence-corrected chi connectivity index (χ4v) is 2.06. The molecule has 15 heteroatoms. The zero-order valence-electron chi connectivity index (χ0n) is 13.9. The molecule has 0 amide bonds. The second-order valence-corrected chi connectivity index (χ2v) is 5.71. The summed E-state index contributed by atoms with van der Waals surface area (Å²) in [5, 5.41) is 0. The van der Waals surface area contributed by atoms with Gasteiger partial charge in [0.1, 0.15) is 0 Å². The number of hydrogen-bond donors (Lipinski definition) is 0. The zero-order chi connectivity index (χ0) is 23.0. The van der Waals surface area contributed by atoms with E-state index in [0.717, 1.165) is 0 Å². The molecule has 0 radical (unpaired) electrons. The van der Waals surface area contributed by atoms with Crippen molar-refractivity contribution < 1.29 is 66.6 Å². The predicted octanol–water partition coefficient (Wildman–Crippen LogP) is 5.70. The average molecular weight is 448 g/mol. The van der Waals surface area contributed by atoms with Crippen LogP contribution in [0.2, 0.25) is 0 Å². The number of carbonyl (C=O) groups is 1. The van der Waals surface area contributed by atoms with Crippen LogP contribution in [-0.2, 0) is 9.53 Å². The molecule has 1 unspecified atom stereocenters. The van der Waals surface area contributed by atoms with E-state index in [1.54, 1.807) is 0 Å². The van der Waals surface area contributed by atoms with Crippen molar-refractivity contribution in [1.29, 1.82) is 0 Å². The van der Waals surface area contributed by atoms with Gasteiger partial charge in [-0.3, -0.25) is 4.79 Å². The Morgan fingerprint density at radius 1 is 0.750 bits per heavy atom. The highest BCUT2D eigenvalue weighted by molar-refractivity contribution is 5.72. The molecule has 0 aliphatic carbocycles. The molecule has 0 aliphatic rings. The monoisotopic (exact) mass is 448 g/mol. The van der Waals surface area contributed by atoms with Crippen LogP contribution >= 0.6 is 0 Å². The highest BCUT2D eigenvalue weighted by Crippen LogP contribution is 2.61. The second kappa shape index (κ2) is 7.76. The summed E-state index contributed by atoms with van der Waals surface area (Å²) in [7, 11) is 0.591. The maximum atomic E-state index is 13.7. The number of esters is 1. The predicted molar refractivity (Wildman–Crippen MR) is 65.8 cm³/mol. The first-order valence-electron chi connectivity index (χ1n) is 7.19. The van der Waals surface area contributed by atoms with Gasteiger partial charge < -0.3 is 4.74 Å². The van der Waals surface area contributed by atoms with Crippen molar-refractivity contribution in [2.24, 2.45) is 5.92 Å². The molecular formula is C13H13F13O2. The number of alkyl halides is 13. The molecular weight excluding hydrogens is 435 g/mol. The molecule has 0 N–H and O–H groups in total. The number of halogens is 13. The molecule has 0 aromatic heterocycles. The highest BCUT2D eigenvalue weighted by Gasteiger charge is 2.90. The molecule has 0 saturated heterocycles. The lowest BCUT2D eigenvalue weighted by Crippen LogP contribution is -2.70. The molecule has 1 atom stereocenters. The topological polar surface area (TPSA) is 26.3 Å². The summed E-state index contributed by atoms with van der Waals surface area (Å²) in [6, 6.07) is 0. The molecule has 0 saturated carbocycles. The molecule has 0 rings (SSSR count). The SMILES string of the molecule is CCCC(CC(F)(F)C(F)(F)C(F)(F)C(F)(F)C(F)(F)C(F)(F)F)C(=O)OC. The molecule has 28 heavy (non-hydrogen) atoms. The van der Waals surface area contributed by atoms with Gasteiger partial charge in [0.15, 0.2) is 0 Å². The van der Waals surface area contributed by atoms with E-state index in [0.29, 0.717) is 7.11 Å². The molecule has 0 aliphatic heterocycles. The van der Waals surface area contributed by atoms with Crippen LogP contribution in [0.15, 0.2) is 0 Å². The molecule has 0 aromatic rings. The summed E-state index contributed by atoms with van der Waals surface area (Å²) >= 11 is 0. The van der Waals surface area contributed by atoms with E-state index in [1.165, 1.54) is 6.92 Å². The minimum Gasteiger partial charge on any atom is -0.469 e. The van der Waals surface area contributed by atoms with Crippen LogP contribution < -0.4 is 0 Å². The maximum Gasteiger partial charge on any atom is 0.460 e. The van der Waals surface area contributed by atoms with E-state index in [1.807, 2.05) is 0 Å². The lowest BCUT2D eigenvalue weighted by Gasteiger charge is -2.40. The number of carbonyl (C=O) groups excluding carboxylic acids is 1. The molecule has 0 fully saturated rings. The molecule has 0 bridgehead atoms. The highest BCUT2D eigenvalue weighted by atomic mass is 19.4. The molecule has 168 valence electrons. The lowest BCUT2D eigenvalue weighted by molar-refractivity contribution is -0.440. The van der Waals surface area contributed by atoms with Crippen LogP contribution in [0.25, 0.3) is 0 Å². The number of methoxy groups -OCH3 is 1. The van der Waals surface area contributed by atoms with Crippen molar-refractivity contribution in [2.45, 2.75) is 62.0 Å². The molecule has 0 spiro atoms. The Hall–Kier alpha value is -1.44. The smallest absolute Gasteiger partial charge is 0.460 e. The lowest BCUT2D eigenvalue weighted by atomic mass is 9.87. The Morgan fingerprint density at radius 3 is 1.46 bits per heavy atom. The van der Waals surface area contributed by atoms with E-state index in [-0.39, 0.29) is 6.42 Å². The molecule has 0 heterocycles. The Balaban J connectivity index is 6.20. The van der Waals surface area contributed by atoms with Gasteiger partial charge in [-0.1, -0.05) is 13.3 Å². The summed E-state index contributed by atoms with van der Waals surface area (Å²) in [6.07, 6.45) is -10.9. The third-order valence-corrected chi connectivity index (χ3v) is 3.67. The van der Waals surface area contributed by atoms with Crippen LogP contribution in [0.1, 0.15) is 26.2 Å². The minimum absolute atomic E-state index is 0.180. The Labute approximate surface area is 149 Å². The van der Waals surface area contributed by atoms with Crippen LogP contribution in [0.3, 0.4) is 0 Å². The van der Waals surface area contributed by atoms with Gasteiger partial charge in [0, 0.05) is 6.42 Å². The summed E-state index contributed by atoms with van der Waals surface area (Å²) in [6.45, 7) is 1.22. The first kappa shape index (κ1) is 26.6. The van der Waals surface area contributed by atoms with Gasteiger partial charge in [-0.15, -0.1) is 0 Å². The van der Waals surface area contributed by atoms with Gasteiger partial charge >= 0.3 is 41.8 Å². The summed E-state index contributed by atoms with van der Waals surface area (Å²) < 4.78 is 172. The Morgan fingerprint density at radius 2 is 1.14 bits per heavy atom. The molecule has 0 aromatic carbocycles. The number of hydrogen-bond acceptors (Lipinski definition) is 2. The first-order valence-corrected chi connectivity index (χ1v) is 7.19. The van der Waals surface area contributed by atoms with Gasteiger partial charge in [-0.05, 0) is 6.42 Å². The van der Waals surface area contributed by atoms with Crippen molar-refractivity contribution in [1.82, 2.24) is 0 Å². The summed E-state index contributed by atoms with van der Waals surface area (Å²) in [5.74, 6) is -41.1.